The second-order valence-electron chi connectivity index (χ2n) is 8.98. The van der Waals surface area contributed by atoms with Crippen molar-refractivity contribution in [2.75, 3.05) is 12.5 Å². The lowest BCUT2D eigenvalue weighted by atomic mass is 9.95. The average molecular weight is 555 g/mol. The van der Waals surface area contributed by atoms with Gasteiger partial charge in [0.05, 0.1) is 22.4 Å². The molecule has 41 heavy (non-hydrogen) atoms. The molecule has 0 saturated heterocycles. The quantitative estimate of drug-likeness (QED) is 0.143. The van der Waals surface area contributed by atoms with E-state index in [-0.39, 0.29) is 34.4 Å². The largest absolute Gasteiger partial charge is 0.478 e. The van der Waals surface area contributed by atoms with Crippen LogP contribution in [0.2, 0.25) is 0 Å². The molecule has 0 spiro atoms. The van der Waals surface area contributed by atoms with E-state index in [9.17, 15) is 29.4 Å². The van der Waals surface area contributed by atoms with Crippen LogP contribution in [0.25, 0.3) is 0 Å². The Bertz CT molecular complexity index is 1610. The molecule has 4 aromatic carbocycles. The summed E-state index contributed by atoms with van der Waals surface area (Å²) < 4.78 is 5.80. The van der Waals surface area contributed by atoms with Crippen molar-refractivity contribution < 1.29 is 39.0 Å². The molecule has 0 atom stereocenters. The molecule has 0 fully saturated rings. The van der Waals surface area contributed by atoms with Crippen LogP contribution >= 0.6 is 0 Å². The van der Waals surface area contributed by atoms with Crippen molar-refractivity contribution in [1.29, 1.82) is 0 Å². The molecule has 0 heterocycles. The SMILES string of the molecule is CNC(=O)c1ccc(C(=O)c2ccc(CONc3ccc(Oc4ccc(C)cc4)cc3)c(C(=O)O)c2)cc1C(=O)O. The molecule has 4 aromatic rings. The molecule has 10 nitrogen and oxygen atoms in total. The van der Waals surface area contributed by atoms with E-state index in [1.54, 1.807) is 24.3 Å². The van der Waals surface area contributed by atoms with Gasteiger partial charge in [0.1, 0.15) is 18.1 Å². The van der Waals surface area contributed by atoms with Crippen LogP contribution in [0.15, 0.2) is 84.9 Å². The molecule has 0 radical (unpaired) electrons. The summed E-state index contributed by atoms with van der Waals surface area (Å²) in [6.07, 6.45) is 0. The number of nitrogens with one attached hydrogen (secondary N) is 2. The van der Waals surface area contributed by atoms with Crippen LogP contribution in [0.5, 0.6) is 11.5 Å². The molecule has 10 heteroatoms. The highest BCUT2D eigenvalue weighted by Gasteiger charge is 2.21. The number of hydrogen-bond donors (Lipinski definition) is 4. The van der Waals surface area contributed by atoms with Crippen LogP contribution in [-0.4, -0.2) is 40.9 Å². The number of aryl methyl sites for hydroxylation is 1. The maximum absolute atomic E-state index is 13.1. The zero-order valence-electron chi connectivity index (χ0n) is 22.1. The molecule has 0 aliphatic carbocycles. The lowest BCUT2D eigenvalue weighted by Gasteiger charge is -2.12. The molecule has 0 aromatic heterocycles. The predicted molar refractivity (Wildman–Crippen MR) is 150 cm³/mol. The zero-order chi connectivity index (χ0) is 29.5. The second kappa shape index (κ2) is 12.6. The Morgan fingerprint density at radius 1 is 0.707 bits per heavy atom. The Morgan fingerprint density at radius 3 is 1.85 bits per heavy atom. The summed E-state index contributed by atoms with van der Waals surface area (Å²) in [5.74, 6) is -2.52. The van der Waals surface area contributed by atoms with Gasteiger partial charge in [-0.25, -0.2) is 9.59 Å². The normalized spacial score (nSPS) is 10.5. The monoisotopic (exact) mass is 554 g/mol. The first kappa shape index (κ1) is 28.5. The Kier molecular flexibility index (Phi) is 8.75. The molecule has 0 aliphatic rings. The molecule has 0 bridgehead atoms. The Balaban J connectivity index is 1.44. The molecular formula is C31H26N2O8. The van der Waals surface area contributed by atoms with E-state index in [0.717, 1.165) is 11.6 Å². The summed E-state index contributed by atoms with van der Waals surface area (Å²) in [6.45, 7) is 1.87. The van der Waals surface area contributed by atoms with E-state index in [0.29, 0.717) is 22.7 Å². The van der Waals surface area contributed by atoms with Gasteiger partial charge in [0.2, 0.25) is 0 Å². The zero-order valence-corrected chi connectivity index (χ0v) is 22.1. The Morgan fingerprint density at radius 2 is 1.27 bits per heavy atom. The molecule has 0 saturated carbocycles. The first-order chi connectivity index (χ1) is 19.7. The van der Waals surface area contributed by atoms with Gasteiger partial charge in [0.25, 0.3) is 5.91 Å². The van der Waals surface area contributed by atoms with Gasteiger partial charge in [-0.15, -0.1) is 0 Å². The van der Waals surface area contributed by atoms with E-state index < -0.39 is 23.6 Å². The van der Waals surface area contributed by atoms with Crippen molar-refractivity contribution >= 4 is 29.3 Å². The van der Waals surface area contributed by atoms with Crippen molar-refractivity contribution in [2.45, 2.75) is 13.5 Å². The number of benzene rings is 4. The average Bonchev–Trinajstić information content (AvgIpc) is 2.98. The van der Waals surface area contributed by atoms with Crippen molar-refractivity contribution in [3.63, 3.8) is 0 Å². The summed E-state index contributed by atoms with van der Waals surface area (Å²) in [6, 6.07) is 22.4. The Hall–Kier alpha value is -5.48. The van der Waals surface area contributed by atoms with Gasteiger partial charge in [-0.1, -0.05) is 35.9 Å². The topological polar surface area (TPSA) is 151 Å². The second-order valence-corrected chi connectivity index (χ2v) is 8.98. The maximum atomic E-state index is 13.1. The third-order valence-corrected chi connectivity index (χ3v) is 6.12. The van der Waals surface area contributed by atoms with Gasteiger partial charge in [0.15, 0.2) is 5.78 Å². The van der Waals surface area contributed by atoms with Crippen LogP contribution in [0.4, 0.5) is 5.69 Å². The number of aromatic carboxylic acids is 2. The molecule has 0 unspecified atom stereocenters. The fourth-order valence-electron chi connectivity index (χ4n) is 3.93. The number of carbonyl (C=O) groups is 4. The predicted octanol–water partition coefficient (Wildman–Crippen LogP) is 5.32. The van der Waals surface area contributed by atoms with E-state index in [1.807, 2.05) is 31.2 Å². The first-order valence-corrected chi connectivity index (χ1v) is 12.4. The van der Waals surface area contributed by atoms with Gasteiger partial charge >= 0.3 is 11.9 Å². The van der Waals surface area contributed by atoms with Gasteiger partial charge in [-0.3, -0.25) is 19.9 Å². The van der Waals surface area contributed by atoms with Gasteiger partial charge in [-0.05, 0) is 67.1 Å². The van der Waals surface area contributed by atoms with Crippen LogP contribution in [-0.2, 0) is 11.4 Å². The number of amides is 1. The summed E-state index contributed by atoms with van der Waals surface area (Å²) >= 11 is 0. The van der Waals surface area contributed by atoms with Crippen LogP contribution in [0, 0.1) is 6.92 Å². The molecular weight excluding hydrogens is 528 g/mol. The van der Waals surface area contributed by atoms with E-state index in [1.165, 1.54) is 37.4 Å². The standard InChI is InChI=1S/C31H26N2O8/c1-18-3-10-23(11-4-18)41-24-12-8-22(9-13-24)33-40-17-21-6-5-19(15-26(21)30(36)37)28(34)20-7-14-25(29(35)32-2)27(16-20)31(38)39/h3-16,33H,17H2,1-2H3,(H,32,35)(H,36,37)(H,38,39). The van der Waals surface area contributed by atoms with Crippen molar-refractivity contribution in [2.24, 2.45) is 0 Å². The van der Waals surface area contributed by atoms with Crippen LogP contribution in [0.3, 0.4) is 0 Å². The number of carbonyl (C=O) groups excluding carboxylic acids is 2. The smallest absolute Gasteiger partial charge is 0.336 e. The van der Waals surface area contributed by atoms with E-state index >= 15 is 0 Å². The van der Waals surface area contributed by atoms with E-state index in [2.05, 4.69) is 10.8 Å². The molecule has 208 valence electrons. The Labute approximate surface area is 235 Å². The number of ether oxygens (including phenoxy) is 1. The highest BCUT2D eigenvalue weighted by Crippen LogP contribution is 2.24. The van der Waals surface area contributed by atoms with Crippen molar-refractivity contribution in [1.82, 2.24) is 5.32 Å². The number of ketones is 1. The maximum Gasteiger partial charge on any atom is 0.336 e. The molecule has 0 aliphatic heterocycles. The minimum absolute atomic E-state index is 0.00753. The molecule has 4 rings (SSSR count). The van der Waals surface area contributed by atoms with Crippen molar-refractivity contribution in [3.05, 3.63) is 124 Å². The van der Waals surface area contributed by atoms with Crippen LogP contribution < -0.4 is 15.5 Å². The molecule has 4 N–H and O–H groups in total. The third kappa shape index (κ3) is 6.94. The van der Waals surface area contributed by atoms with Gasteiger partial charge in [0, 0.05) is 18.2 Å². The van der Waals surface area contributed by atoms with Gasteiger partial charge < -0.3 is 20.3 Å². The highest BCUT2D eigenvalue weighted by molar-refractivity contribution is 6.12. The summed E-state index contributed by atoms with van der Waals surface area (Å²) in [7, 11) is 1.36. The number of rotatable bonds is 11. The summed E-state index contributed by atoms with van der Waals surface area (Å²) in [5.41, 5.74) is 4.23. The summed E-state index contributed by atoms with van der Waals surface area (Å²) in [4.78, 5) is 54.1. The fraction of sp³-hybridized carbons (Fsp3) is 0.0968. The minimum Gasteiger partial charge on any atom is -0.478 e. The first-order valence-electron chi connectivity index (χ1n) is 12.4. The number of carboxylic acid groups (broad SMARTS) is 2. The molecule has 1 amide bonds. The number of carboxylic acids is 2. The minimum atomic E-state index is -1.38. The lowest BCUT2D eigenvalue weighted by molar-refractivity contribution is 0.0682. The van der Waals surface area contributed by atoms with Crippen molar-refractivity contribution in [3.8, 4) is 11.5 Å². The van der Waals surface area contributed by atoms with Gasteiger partial charge in [-0.2, -0.15) is 0 Å². The highest BCUT2D eigenvalue weighted by atomic mass is 16.6. The fourth-order valence-corrected chi connectivity index (χ4v) is 3.93. The third-order valence-electron chi connectivity index (χ3n) is 6.12. The summed E-state index contributed by atoms with van der Waals surface area (Å²) in [5, 5.41) is 21.6. The van der Waals surface area contributed by atoms with Crippen LogP contribution in [0.1, 0.15) is 58.1 Å². The number of hydrogen-bond acceptors (Lipinski definition) is 7. The van der Waals surface area contributed by atoms with E-state index in [4.69, 9.17) is 9.57 Å². The lowest BCUT2D eigenvalue weighted by Crippen LogP contribution is -2.21. The number of anilines is 1.